The fraction of sp³-hybridized carbons (Fsp3) is 0.833. The predicted molar refractivity (Wildman–Crippen MR) is 93.8 cm³/mol. The third-order valence-corrected chi connectivity index (χ3v) is 5.53. The number of carbonyl (C=O) groups excluding carboxylic acids is 3. The van der Waals surface area contributed by atoms with Crippen LogP contribution in [0, 0.1) is 11.8 Å². The number of likely N-dealkylation sites (N-methyl/N-ethyl adjacent to an activating group) is 1. The van der Waals surface area contributed by atoms with E-state index in [0.717, 1.165) is 25.8 Å². The molecule has 2 amide bonds. The third-order valence-electron chi connectivity index (χ3n) is 5.53. The van der Waals surface area contributed by atoms with Gasteiger partial charge in [0, 0.05) is 26.2 Å². The summed E-state index contributed by atoms with van der Waals surface area (Å²) in [4.78, 5) is 42.5. The first-order valence-electron chi connectivity index (χ1n) is 9.24. The average Bonchev–Trinajstić information content (AvgIpc) is 2.93. The Labute approximate surface area is 150 Å². The summed E-state index contributed by atoms with van der Waals surface area (Å²) < 4.78 is 5.07. The van der Waals surface area contributed by atoms with E-state index >= 15 is 0 Å². The van der Waals surface area contributed by atoms with Gasteiger partial charge < -0.3 is 19.4 Å². The van der Waals surface area contributed by atoms with Gasteiger partial charge in [0.05, 0.1) is 25.0 Å². The van der Waals surface area contributed by atoms with Crippen LogP contribution in [-0.4, -0.2) is 85.4 Å². The second-order valence-electron chi connectivity index (χ2n) is 7.24. The number of piperidine rings is 1. The number of hydrogen-bond donors (Lipinski definition) is 0. The van der Waals surface area contributed by atoms with Gasteiger partial charge in [0.25, 0.3) is 0 Å². The Balaban J connectivity index is 1.88. The molecule has 2 rings (SSSR count). The minimum Gasteiger partial charge on any atom is -0.466 e. The van der Waals surface area contributed by atoms with Crippen LogP contribution in [0.2, 0.25) is 0 Å². The number of rotatable bonds is 5. The molecule has 0 bridgehead atoms. The second kappa shape index (κ2) is 8.65. The Kier molecular flexibility index (Phi) is 6.81. The molecule has 0 unspecified atom stereocenters. The van der Waals surface area contributed by atoms with Gasteiger partial charge in [-0.25, -0.2) is 0 Å². The highest BCUT2D eigenvalue weighted by molar-refractivity contribution is 5.86. The van der Waals surface area contributed by atoms with Crippen molar-refractivity contribution in [3.05, 3.63) is 0 Å². The Morgan fingerprint density at radius 2 is 1.92 bits per heavy atom. The van der Waals surface area contributed by atoms with Crippen molar-refractivity contribution < 1.29 is 19.1 Å². The topological polar surface area (TPSA) is 70.2 Å². The standard InChI is InChI=1S/C18H31N3O4/c1-5-25-18(24)14-7-6-9-21(11-14)16(22)12-20(4)17(23)15-8-10-19(3)13(15)2/h13-15H,5-12H2,1-4H3/t13-,14-,15+/m1/s1. The van der Waals surface area contributed by atoms with Crippen molar-refractivity contribution in [1.82, 2.24) is 14.7 Å². The van der Waals surface area contributed by atoms with E-state index in [4.69, 9.17) is 4.74 Å². The Bertz CT molecular complexity index is 511. The molecular formula is C18H31N3O4. The van der Waals surface area contributed by atoms with Gasteiger partial charge in [0.1, 0.15) is 0 Å². The molecule has 2 heterocycles. The lowest BCUT2D eigenvalue weighted by molar-refractivity contribution is -0.152. The molecule has 2 aliphatic heterocycles. The zero-order valence-electron chi connectivity index (χ0n) is 15.9. The van der Waals surface area contributed by atoms with Crippen molar-refractivity contribution in [1.29, 1.82) is 0 Å². The molecule has 0 aromatic heterocycles. The normalized spacial score (nSPS) is 27.2. The molecule has 7 nitrogen and oxygen atoms in total. The summed E-state index contributed by atoms with van der Waals surface area (Å²) in [6.45, 7) is 6.20. The summed E-state index contributed by atoms with van der Waals surface area (Å²) in [6.07, 6.45) is 2.38. The maximum Gasteiger partial charge on any atom is 0.310 e. The number of ether oxygens (including phenoxy) is 1. The van der Waals surface area contributed by atoms with E-state index < -0.39 is 0 Å². The van der Waals surface area contributed by atoms with Crippen LogP contribution in [0.4, 0.5) is 0 Å². The van der Waals surface area contributed by atoms with Crippen molar-refractivity contribution in [2.75, 3.05) is 46.9 Å². The highest BCUT2D eigenvalue weighted by atomic mass is 16.5. The lowest BCUT2D eigenvalue weighted by Crippen LogP contribution is -2.48. The number of amides is 2. The molecule has 0 aromatic carbocycles. The molecule has 25 heavy (non-hydrogen) atoms. The fourth-order valence-corrected chi connectivity index (χ4v) is 3.74. The monoisotopic (exact) mass is 353 g/mol. The summed E-state index contributed by atoms with van der Waals surface area (Å²) in [7, 11) is 3.71. The van der Waals surface area contributed by atoms with E-state index in [2.05, 4.69) is 11.8 Å². The Morgan fingerprint density at radius 1 is 1.20 bits per heavy atom. The van der Waals surface area contributed by atoms with E-state index in [1.165, 1.54) is 4.90 Å². The zero-order valence-corrected chi connectivity index (χ0v) is 15.9. The maximum atomic E-state index is 12.6. The van der Waals surface area contributed by atoms with Gasteiger partial charge in [-0.2, -0.15) is 0 Å². The minimum atomic E-state index is -0.248. The smallest absolute Gasteiger partial charge is 0.310 e. The first kappa shape index (κ1) is 19.7. The molecule has 7 heteroatoms. The van der Waals surface area contributed by atoms with Gasteiger partial charge in [-0.15, -0.1) is 0 Å². The number of esters is 1. The molecule has 2 fully saturated rings. The van der Waals surface area contributed by atoms with Crippen LogP contribution < -0.4 is 0 Å². The quantitative estimate of drug-likeness (QED) is 0.677. The molecule has 0 radical (unpaired) electrons. The lowest BCUT2D eigenvalue weighted by Gasteiger charge is -2.33. The largest absolute Gasteiger partial charge is 0.466 e. The summed E-state index contributed by atoms with van der Waals surface area (Å²) in [5.74, 6) is -0.584. The molecule has 0 saturated carbocycles. The lowest BCUT2D eigenvalue weighted by atomic mass is 9.98. The predicted octanol–water partition coefficient (Wildman–Crippen LogP) is 0.587. The summed E-state index contributed by atoms with van der Waals surface area (Å²) >= 11 is 0. The average molecular weight is 353 g/mol. The first-order valence-corrected chi connectivity index (χ1v) is 9.24. The van der Waals surface area contributed by atoms with Gasteiger partial charge in [-0.05, 0) is 46.7 Å². The molecule has 0 N–H and O–H groups in total. The number of nitrogens with zero attached hydrogens (tertiary/aromatic N) is 3. The minimum absolute atomic E-state index is 0.0316. The second-order valence-corrected chi connectivity index (χ2v) is 7.24. The molecule has 0 aromatic rings. The SMILES string of the molecule is CCOC(=O)[C@@H]1CCCN(C(=O)CN(C)C(=O)[C@H]2CCN(C)[C@@H]2C)C1. The zero-order chi connectivity index (χ0) is 18.6. The van der Waals surface area contributed by atoms with Crippen molar-refractivity contribution in [2.24, 2.45) is 11.8 Å². The van der Waals surface area contributed by atoms with Crippen molar-refractivity contribution >= 4 is 17.8 Å². The molecule has 142 valence electrons. The van der Waals surface area contributed by atoms with E-state index in [1.807, 2.05) is 7.05 Å². The number of likely N-dealkylation sites (tertiary alicyclic amines) is 2. The van der Waals surface area contributed by atoms with E-state index in [0.29, 0.717) is 19.7 Å². The van der Waals surface area contributed by atoms with Crippen molar-refractivity contribution in [3.63, 3.8) is 0 Å². The van der Waals surface area contributed by atoms with Gasteiger partial charge in [0.2, 0.25) is 11.8 Å². The third kappa shape index (κ3) is 4.71. The maximum absolute atomic E-state index is 12.6. The highest BCUT2D eigenvalue weighted by Gasteiger charge is 2.36. The van der Waals surface area contributed by atoms with Crippen LogP contribution in [0.1, 0.15) is 33.1 Å². The van der Waals surface area contributed by atoms with Crippen LogP contribution in [0.25, 0.3) is 0 Å². The molecule has 3 atom stereocenters. The van der Waals surface area contributed by atoms with Gasteiger partial charge in [-0.1, -0.05) is 0 Å². The summed E-state index contributed by atoms with van der Waals surface area (Å²) in [5.41, 5.74) is 0. The number of carbonyl (C=O) groups is 3. The van der Waals surface area contributed by atoms with E-state index in [9.17, 15) is 14.4 Å². The van der Waals surface area contributed by atoms with E-state index in [-0.39, 0.29) is 42.2 Å². The van der Waals surface area contributed by atoms with Crippen molar-refractivity contribution in [3.8, 4) is 0 Å². The molecule has 2 saturated heterocycles. The summed E-state index contributed by atoms with van der Waals surface area (Å²) in [5, 5.41) is 0. The van der Waals surface area contributed by atoms with Gasteiger partial charge >= 0.3 is 5.97 Å². The molecule has 0 spiro atoms. The molecule has 0 aliphatic carbocycles. The van der Waals surface area contributed by atoms with Crippen LogP contribution in [0.5, 0.6) is 0 Å². The first-order chi connectivity index (χ1) is 11.8. The highest BCUT2D eigenvalue weighted by Crippen LogP contribution is 2.24. The Morgan fingerprint density at radius 3 is 2.52 bits per heavy atom. The van der Waals surface area contributed by atoms with E-state index in [1.54, 1.807) is 18.9 Å². The van der Waals surface area contributed by atoms with Crippen LogP contribution in [0.3, 0.4) is 0 Å². The van der Waals surface area contributed by atoms with Crippen LogP contribution in [-0.2, 0) is 19.1 Å². The van der Waals surface area contributed by atoms with Crippen LogP contribution in [0.15, 0.2) is 0 Å². The Hall–Kier alpha value is -1.63. The molecule has 2 aliphatic rings. The molecular weight excluding hydrogens is 322 g/mol. The number of hydrogen-bond acceptors (Lipinski definition) is 5. The summed E-state index contributed by atoms with van der Waals surface area (Å²) in [6, 6.07) is 0.202. The van der Waals surface area contributed by atoms with Gasteiger partial charge in [-0.3, -0.25) is 14.4 Å². The fourth-order valence-electron chi connectivity index (χ4n) is 3.74. The van der Waals surface area contributed by atoms with Gasteiger partial charge in [0.15, 0.2) is 0 Å². The van der Waals surface area contributed by atoms with Crippen LogP contribution >= 0.6 is 0 Å². The van der Waals surface area contributed by atoms with Crippen molar-refractivity contribution in [2.45, 2.75) is 39.2 Å².